The van der Waals surface area contributed by atoms with E-state index in [1.54, 1.807) is 0 Å². The minimum Gasteiger partial charge on any atom is -0.358 e. The molecule has 1 aromatic rings. The van der Waals surface area contributed by atoms with E-state index in [0.717, 1.165) is 6.20 Å². The van der Waals surface area contributed by atoms with Gasteiger partial charge in [-0.2, -0.15) is 0 Å². The van der Waals surface area contributed by atoms with E-state index in [1.807, 2.05) is 0 Å². The van der Waals surface area contributed by atoms with Gasteiger partial charge in [0.25, 0.3) is 6.43 Å². The monoisotopic (exact) mass is 300 g/mol. The quantitative estimate of drug-likeness (QED) is 0.488. The summed E-state index contributed by atoms with van der Waals surface area (Å²) in [5.41, 5.74) is -0.407. The minimum atomic E-state index is -2.76. The van der Waals surface area contributed by atoms with Gasteiger partial charge in [0.15, 0.2) is 0 Å². The molecule has 15 heavy (non-hydrogen) atoms. The number of rotatable bonds is 3. The van der Waals surface area contributed by atoms with Crippen LogP contribution >= 0.6 is 27.5 Å². The Labute approximate surface area is 96.5 Å². The topological polar surface area (TPSA) is 56.0 Å². The lowest BCUT2D eigenvalue weighted by Crippen LogP contribution is -2.01. The molecule has 0 saturated heterocycles. The Morgan fingerprint density at radius 1 is 1.67 bits per heavy atom. The van der Waals surface area contributed by atoms with Gasteiger partial charge in [-0.15, -0.1) is 11.6 Å². The molecular formula is C7H4BrClF2N2O2. The molecule has 0 amide bonds. The van der Waals surface area contributed by atoms with E-state index in [1.165, 1.54) is 0 Å². The molecule has 0 aromatic carbocycles. The van der Waals surface area contributed by atoms with E-state index in [9.17, 15) is 18.9 Å². The molecule has 82 valence electrons. The van der Waals surface area contributed by atoms with Crippen LogP contribution in [0, 0.1) is 10.1 Å². The first-order chi connectivity index (χ1) is 6.99. The number of hydrogen-bond acceptors (Lipinski definition) is 3. The number of alkyl halides is 3. The summed E-state index contributed by atoms with van der Waals surface area (Å²) in [6.07, 6.45) is -1.99. The van der Waals surface area contributed by atoms with Crippen molar-refractivity contribution in [2.75, 3.05) is 0 Å². The molecule has 1 rings (SSSR count). The average Bonchev–Trinajstić information content (AvgIpc) is 2.16. The van der Waals surface area contributed by atoms with E-state index in [-0.39, 0.29) is 15.9 Å². The second kappa shape index (κ2) is 4.80. The van der Waals surface area contributed by atoms with Crippen molar-refractivity contribution in [3.05, 3.63) is 31.9 Å². The van der Waals surface area contributed by atoms with Crippen molar-refractivity contribution in [2.24, 2.45) is 0 Å². The number of nitrogens with zero attached hydrogens (tertiary/aromatic N) is 2. The van der Waals surface area contributed by atoms with Crippen molar-refractivity contribution < 1.29 is 13.7 Å². The van der Waals surface area contributed by atoms with Gasteiger partial charge in [-0.3, -0.25) is 0 Å². The normalized spacial score (nSPS) is 10.7. The molecule has 0 unspecified atom stereocenters. The molecule has 8 heteroatoms. The van der Waals surface area contributed by atoms with Crippen LogP contribution in [0.3, 0.4) is 0 Å². The summed E-state index contributed by atoms with van der Waals surface area (Å²) in [6, 6.07) is 0. The van der Waals surface area contributed by atoms with E-state index in [4.69, 9.17) is 11.6 Å². The Morgan fingerprint density at radius 3 is 2.67 bits per heavy atom. The molecule has 0 atom stereocenters. The number of aromatic nitrogens is 1. The number of halogens is 4. The maximum atomic E-state index is 12.4. The predicted octanol–water partition coefficient (Wildman–Crippen LogP) is 3.43. The predicted molar refractivity (Wildman–Crippen MR) is 53.1 cm³/mol. The fourth-order valence-electron chi connectivity index (χ4n) is 0.978. The van der Waals surface area contributed by atoms with Crippen LogP contribution in [0.1, 0.15) is 17.6 Å². The van der Waals surface area contributed by atoms with E-state index in [2.05, 4.69) is 20.9 Å². The molecule has 1 heterocycles. The molecule has 0 N–H and O–H groups in total. The van der Waals surface area contributed by atoms with Crippen LogP contribution in [0.2, 0.25) is 0 Å². The third kappa shape index (κ3) is 2.40. The van der Waals surface area contributed by atoms with E-state index < -0.39 is 22.7 Å². The van der Waals surface area contributed by atoms with E-state index in [0.29, 0.717) is 0 Å². The standard InChI is InChI=1S/C7H4BrClF2N2O2/c8-5-3(1-9)4(6(10)11)2-12-7(5)13(14)15/h2,6H,1H2. The fourth-order valence-corrected chi connectivity index (χ4v) is 2.04. The van der Waals surface area contributed by atoms with Crippen LogP contribution < -0.4 is 0 Å². The highest BCUT2D eigenvalue weighted by Gasteiger charge is 2.24. The molecule has 0 saturated carbocycles. The highest BCUT2D eigenvalue weighted by molar-refractivity contribution is 9.10. The Morgan fingerprint density at radius 2 is 2.27 bits per heavy atom. The lowest BCUT2D eigenvalue weighted by Gasteiger charge is -2.06. The van der Waals surface area contributed by atoms with Crippen LogP contribution in [0.5, 0.6) is 0 Å². The lowest BCUT2D eigenvalue weighted by molar-refractivity contribution is -0.390. The van der Waals surface area contributed by atoms with Gasteiger partial charge in [0, 0.05) is 11.4 Å². The minimum absolute atomic E-state index is 0.00614. The van der Waals surface area contributed by atoms with Crippen LogP contribution in [0.15, 0.2) is 10.7 Å². The second-order valence-electron chi connectivity index (χ2n) is 2.52. The summed E-state index contributed by atoms with van der Waals surface area (Å²) in [7, 11) is 0. The first-order valence-corrected chi connectivity index (χ1v) is 4.97. The average molecular weight is 301 g/mol. The molecule has 0 bridgehead atoms. The van der Waals surface area contributed by atoms with Gasteiger partial charge in [0.2, 0.25) is 0 Å². The molecule has 1 aromatic heterocycles. The Bertz CT molecular complexity index is 403. The number of nitro groups is 1. The van der Waals surface area contributed by atoms with Gasteiger partial charge in [0.1, 0.15) is 10.7 Å². The molecule has 0 radical (unpaired) electrons. The maximum Gasteiger partial charge on any atom is 0.378 e. The van der Waals surface area contributed by atoms with Crippen molar-refractivity contribution in [3.63, 3.8) is 0 Å². The molecular weight excluding hydrogens is 297 g/mol. The van der Waals surface area contributed by atoms with Crippen LogP contribution in [0.25, 0.3) is 0 Å². The lowest BCUT2D eigenvalue weighted by atomic mass is 10.1. The van der Waals surface area contributed by atoms with Gasteiger partial charge in [-0.1, -0.05) is 0 Å². The highest BCUT2D eigenvalue weighted by Crippen LogP contribution is 2.34. The van der Waals surface area contributed by atoms with Crippen LogP contribution in [0.4, 0.5) is 14.6 Å². The van der Waals surface area contributed by atoms with Gasteiger partial charge in [-0.05, 0) is 25.8 Å². The Hall–Kier alpha value is -0.820. The molecule has 0 spiro atoms. The summed E-state index contributed by atoms with van der Waals surface area (Å²) < 4.78 is 24.8. The summed E-state index contributed by atoms with van der Waals surface area (Å²) >= 11 is 8.28. The van der Waals surface area contributed by atoms with Crippen molar-refractivity contribution in [2.45, 2.75) is 12.3 Å². The van der Waals surface area contributed by atoms with Gasteiger partial charge >= 0.3 is 5.82 Å². The molecule has 0 aliphatic carbocycles. The third-order valence-electron chi connectivity index (χ3n) is 1.68. The van der Waals surface area contributed by atoms with Crippen LogP contribution in [-0.4, -0.2) is 9.91 Å². The molecule has 0 fully saturated rings. The zero-order valence-corrected chi connectivity index (χ0v) is 9.43. The van der Waals surface area contributed by atoms with Crippen LogP contribution in [-0.2, 0) is 5.88 Å². The summed E-state index contributed by atoms with van der Waals surface area (Å²) in [5.74, 6) is -0.765. The zero-order chi connectivity index (χ0) is 11.6. The van der Waals surface area contributed by atoms with Crippen molar-refractivity contribution in [3.8, 4) is 0 Å². The summed E-state index contributed by atoms with van der Waals surface area (Å²) in [4.78, 5) is 13.0. The molecule has 4 nitrogen and oxygen atoms in total. The van der Waals surface area contributed by atoms with Crippen molar-refractivity contribution >= 4 is 33.3 Å². The SMILES string of the molecule is O=[N+]([O-])c1ncc(C(F)F)c(CCl)c1Br. The smallest absolute Gasteiger partial charge is 0.358 e. The van der Waals surface area contributed by atoms with Gasteiger partial charge in [0.05, 0.1) is 5.56 Å². The Kier molecular flexibility index (Phi) is 3.92. The summed E-state index contributed by atoms with van der Waals surface area (Å²) in [5, 5.41) is 10.5. The highest BCUT2D eigenvalue weighted by atomic mass is 79.9. The summed E-state index contributed by atoms with van der Waals surface area (Å²) in [6.45, 7) is 0. The number of pyridine rings is 1. The fraction of sp³-hybridized carbons (Fsp3) is 0.286. The van der Waals surface area contributed by atoms with Crippen molar-refractivity contribution in [1.29, 1.82) is 0 Å². The molecule has 0 aliphatic heterocycles. The van der Waals surface area contributed by atoms with Gasteiger partial charge < -0.3 is 10.1 Å². The van der Waals surface area contributed by atoms with E-state index >= 15 is 0 Å². The molecule has 0 aliphatic rings. The van der Waals surface area contributed by atoms with Crippen molar-refractivity contribution in [1.82, 2.24) is 4.98 Å². The van der Waals surface area contributed by atoms with Gasteiger partial charge in [-0.25, -0.2) is 8.78 Å². The first-order valence-electron chi connectivity index (χ1n) is 3.64. The Balaban J connectivity index is 3.39. The zero-order valence-electron chi connectivity index (χ0n) is 7.08. The first kappa shape index (κ1) is 12.3. The second-order valence-corrected chi connectivity index (χ2v) is 3.58. The number of hydrogen-bond donors (Lipinski definition) is 0. The largest absolute Gasteiger partial charge is 0.378 e. The third-order valence-corrected chi connectivity index (χ3v) is 2.78. The maximum absolute atomic E-state index is 12.4.